The molecule has 0 fully saturated rings. The highest BCUT2D eigenvalue weighted by molar-refractivity contribution is 5.49. The van der Waals surface area contributed by atoms with Crippen LogP contribution in [0.4, 0.5) is 5.69 Å². The van der Waals surface area contributed by atoms with E-state index in [1.165, 1.54) is 11.1 Å². The van der Waals surface area contributed by atoms with Crippen LogP contribution in [0.15, 0.2) is 36.5 Å². The van der Waals surface area contributed by atoms with Crippen LogP contribution in [-0.4, -0.2) is 4.98 Å². The Kier molecular flexibility index (Phi) is 3.59. The topological polar surface area (TPSA) is 48.7 Å². The number of nitrogens with one attached hydrogen (secondary N) is 1. The van der Waals surface area contributed by atoms with Crippen LogP contribution in [0.25, 0.3) is 0 Å². The molecule has 2 aromatic rings. The quantitative estimate of drug-likeness (QED) is 0.891. The standard InChI is InChI=1S/C15H15N3/c1-11-6-12(2)8-14(7-11)18-10-13-4-3-5-17-15(13)9-16/h3-8,18H,10H2,1-2H3. The molecule has 0 aliphatic heterocycles. The largest absolute Gasteiger partial charge is 0.381 e. The first-order chi connectivity index (χ1) is 8.69. The van der Waals surface area contributed by atoms with Crippen LogP contribution in [0.2, 0.25) is 0 Å². The average molecular weight is 237 g/mol. The number of nitriles is 1. The lowest BCUT2D eigenvalue weighted by atomic mass is 10.1. The lowest BCUT2D eigenvalue weighted by molar-refractivity contribution is 1.09. The fourth-order valence-corrected chi connectivity index (χ4v) is 1.96. The molecule has 0 aliphatic carbocycles. The molecule has 1 aromatic heterocycles. The van der Waals surface area contributed by atoms with Gasteiger partial charge in [-0.1, -0.05) is 12.1 Å². The van der Waals surface area contributed by atoms with Gasteiger partial charge in [0.25, 0.3) is 0 Å². The summed E-state index contributed by atoms with van der Waals surface area (Å²) in [7, 11) is 0. The lowest BCUT2D eigenvalue weighted by Gasteiger charge is -2.09. The van der Waals surface area contributed by atoms with Crippen molar-refractivity contribution in [2.24, 2.45) is 0 Å². The molecule has 1 aromatic carbocycles. The summed E-state index contributed by atoms with van der Waals surface area (Å²) in [6, 6.07) is 12.2. The van der Waals surface area contributed by atoms with E-state index in [0.29, 0.717) is 12.2 Å². The minimum atomic E-state index is 0.481. The Morgan fingerprint density at radius 1 is 1.22 bits per heavy atom. The van der Waals surface area contributed by atoms with Crippen LogP contribution in [-0.2, 0) is 6.54 Å². The van der Waals surface area contributed by atoms with E-state index in [0.717, 1.165) is 11.3 Å². The number of hydrogen-bond acceptors (Lipinski definition) is 3. The van der Waals surface area contributed by atoms with Crippen molar-refractivity contribution in [3.8, 4) is 6.07 Å². The first-order valence-electron chi connectivity index (χ1n) is 5.85. The smallest absolute Gasteiger partial charge is 0.145 e. The fraction of sp³-hybridized carbons (Fsp3) is 0.200. The minimum absolute atomic E-state index is 0.481. The Hall–Kier alpha value is -2.34. The normalized spacial score (nSPS) is 9.83. The van der Waals surface area contributed by atoms with Crippen molar-refractivity contribution in [3.63, 3.8) is 0 Å². The zero-order valence-electron chi connectivity index (χ0n) is 10.6. The van der Waals surface area contributed by atoms with Gasteiger partial charge in [-0.05, 0) is 43.2 Å². The predicted octanol–water partition coefficient (Wildman–Crippen LogP) is 3.18. The predicted molar refractivity (Wildman–Crippen MR) is 72.2 cm³/mol. The van der Waals surface area contributed by atoms with Crippen molar-refractivity contribution in [2.45, 2.75) is 20.4 Å². The average Bonchev–Trinajstić information content (AvgIpc) is 2.35. The number of pyridine rings is 1. The van der Waals surface area contributed by atoms with Gasteiger partial charge in [-0.2, -0.15) is 5.26 Å². The van der Waals surface area contributed by atoms with E-state index >= 15 is 0 Å². The van der Waals surface area contributed by atoms with Gasteiger partial charge in [-0.3, -0.25) is 0 Å². The van der Waals surface area contributed by atoms with Crippen LogP contribution in [0.3, 0.4) is 0 Å². The van der Waals surface area contributed by atoms with Crippen molar-refractivity contribution in [1.29, 1.82) is 5.26 Å². The molecule has 0 spiro atoms. The Balaban J connectivity index is 2.14. The molecule has 0 unspecified atom stereocenters. The van der Waals surface area contributed by atoms with Crippen molar-refractivity contribution >= 4 is 5.69 Å². The number of aromatic nitrogens is 1. The third-order valence-corrected chi connectivity index (χ3v) is 2.70. The molecule has 0 saturated heterocycles. The van der Waals surface area contributed by atoms with Gasteiger partial charge in [0.1, 0.15) is 11.8 Å². The van der Waals surface area contributed by atoms with Gasteiger partial charge in [0, 0.05) is 24.0 Å². The third-order valence-electron chi connectivity index (χ3n) is 2.70. The van der Waals surface area contributed by atoms with Gasteiger partial charge in [0.2, 0.25) is 0 Å². The second-order valence-corrected chi connectivity index (χ2v) is 4.35. The highest BCUT2D eigenvalue weighted by Gasteiger charge is 2.02. The third kappa shape index (κ3) is 2.86. The number of hydrogen-bond donors (Lipinski definition) is 1. The summed E-state index contributed by atoms with van der Waals surface area (Å²) in [5.41, 5.74) is 4.92. The van der Waals surface area contributed by atoms with E-state index in [-0.39, 0.29) is 0 Å². The molecule has 2 rings (SSSR count). The number of benzene rings is 1. The molecular weight excluding hydrogens is 222 g/mol. The minimum Gasteiger partial charge on any atom is -0.381 e. The number of rotatable bonds is 3. The van der Waals surface area contributed by atoms with E-state index in [4.69, 9.17) is 5.26 Å². The Morgan fingerprint density at radius 2 is 1.94 bits per heavy atom. The summed E-state index contributed by atoms with van der Waals surface area (Å²) in [6.07, 6.45) is 1.64. The summed E-state index contributed by atoms with van der Waals surface area (Å²) in [5.74, 6) is 0. The number of aryl methyl sites for hydroxylation is 2. The second kappa shape index (κ2) is 5.33. The Bertz CT molecular complexity index is 577. The second-order valence-electron chi connectivity index (χ2n) is 4.35. The highest BCUT2D eigenvalue weighted by Crippen LogP contribution is 2.15. The molecule has 1 heterocycles. The molecule has 90 valence electrons. The maximum absolute atomic E-state index is 8.96. The monoisotopic (exact) mass is 237 g/mol. The summed E-state index contributed by atoms with van der Waals surface area (Å²) in [4.78, 5) is 4.04. The summed E-state index contributed by atoms with van der Waals surface area (Å²) in [5, 5.41) is 12.3. The van der Waals surface area contributed by atoms with Gasteiger partial charge in [0.15, 0.2) is 0 Å². The Labute approximate surface area is 107 Å². The molecule has 0 radical (unpaired) electrons. The van der Waals surface area contributed by atoms with Crippen LogP contribution in [0.5, 0.6) is 0 Å². The first kappa shape index (κ1) is 12.1. The molecule has 0 atom stereocenters. The van der Waals surface area contributed by atoms with Crippen LogP contribution >= 0.6 is 0 Å². The van der Waals surface area contributed by atoms with Crippen molar-refractivity contribution in [1.82, 2.24) is 4.98 Å². The van der Waals surface area contributed by atoms with Crippen LogP contribution < -0.4 is 5.32 Å². The van der Waals surface area contributed by atoms with Gasteiger partial charge < -0.3 is 5.32 Å². The zero-order chi connectivity index (χ0) is 13.0. The molecule has 0 bridgehead atoms. The first-order valence-corrected chi connectivity index (χ1v) is 5.85. The molecule has 0 amide bonds. The van der Waals surface area contributed by atoms with Crippen molar-refractivity contribution in [2.75, 3.05) is 5.32 Å². The maximum Gasteiger partial charge on any atom is 0.145 e. The molecule has 3 nitrogen and oxygen atoms in total. The van der Waals surface area contributed by atoms with E-state index in [9.17, 15) is 0 Å². The van der Waals surface area contributed by atoms with Crippen LogP contribution in [0, 0.1) is 25.2 Å². The molecule has 3 heteroatoms. The Morgan fingerprint density at radius 3 is 2.61 bits per heavy atom. The van der Waals surface area contributed by atoms with Gasteiger partial charge in [-0.25, -0.2) is 4.98 Å². The summed E-state index contributed by atoms with van der Waals surface area (Å²) in [6.45, 7) is 4.76. The molecule has 0 saturated carbocycles. The number of nitrogens with zero attached hydrogens (tertiary/aromatic N) is 2. The summed E-state index contributed by atoms with van der Waals surface area (Å²) < 4.78 is 0. The van der Waals surface area contributed by atoms with Crippen molar-refractivity contribution in [3.05, 3.63) is 58.9 Å². The zero-order valence-corrected chi connectivity index (χ0v) is 10.6. The van der Waals surface area contributed by atoms with E-state index in [2.05, 4.69) is 48.4 Å². The van der Waals surface area contributed by atoms with E-state index < -0.39 is 0 Å². The van der Waals surface area contributed by atoms with E-state index in [1.54, 1.807) is 6.20 Å². The molecule has 0 aliphatic rings. The van der Waals surface area contributed by atoms with Gasteiger partial charge in [-0.15, -0.1) is 0 Å². The number of anilines is 1. The summed E-state index contributed by atoms with van der Waals surface area (Å²) >= 11 is 0. The van der Waals surface area contributed by atoms with Gasteiger partial charge in [0.05, 0.1) is 0 Å². The SMILES string of the molecule is Cc1cc(C)cc(NCc2cccnc2C#N)c1. The highest BCUT2D eigenvalue weighted by atomic mass is 14.9. The van der Waals surface area contributed by atoms with E-state index in [1.807, 2.05) is 12.1 Å². The van der Waals surface area contributed by atoms with Gasteiger partial charge >= 0.3 is 0 Å². The molecule has 1 N–H and O–H groups in total. The molecule has 18 heavy (non-hydrogen) atoms. The van der Waals surface area contributed by atoms with Crippen molar-refractivity contribution < 1.29 is 0 Å². The molecular formula is C15H15N3. The maximum atomic E-state index is 8.96. The van der Waals surface area contributed by atoms with Crippen LogP contribution in [0.1, 0.15) is 22.4 Å². The lowest BCUT2D eigenvalue weighted by Crippen LogP contribution is -2.03. The fourth-order valence-electron chi connectivity index (χ4n) is 1.96.